The van der Waals surface area contributed by atoms with E-state index in [1.54, 1.807) is 4.90 Å². The second-order valence-electron chi connectivity index (χ2n) is 4.41. The SMILES string of the molecule is CCOC(=O)N1CCC(N[C@H](CC)CO)CC1. The van der Waals surface area contributed by atoms with Crippen LogP contribution in [0.15, 0.2) is 0 Å². The van der Waals surface area contributed by atoms with Gasteiger partial charge in [-0.15, -0.1) is 0 Å². The predicted molar refractivity (Wildman–Crippen MR) is 65.9 cm³/mol. The molecule has 2 N–H and O–H groups in total. The molecule has 1 atom stereocenters. The van der Waals surface area contributed by atoms with Crippen molar-refractivity contribution >= 4 is 6.09 Å². The topological polar surface area (TPSA) is 61.8 Å². The first-order chi connectivity index (χ1) is 8.21. The van der Waals surface area contributed by atoms with Gasteiger partial charge < -0.3 is 20.1 Å². The van der Waals surface area contributed by atoms with Gasteiger partial charge in [-0.3, -0.25) is 0 Å². The van der Waals surface area contributed by atoms with E-state index in [4.69, 9.17) is 9.84 Å². The summed E-state index contributed by atoms with van der Waals surface area (Å²) >= 11 is 0. The van der Waals surface area contributed by atoms with Crippen molar-refractivity contribution in [1.82, 2.24) is 10.2 Å². The van der Waals surface area contributed by atoms with E-state index in [0.717, 1.165) is 32.4 Å². The second-order valence-corrected chi connectivity index (χ2v) is 4.41. The second kappa shape index (κ2) is 7.50. The van der Waals surface area contributed by atoms with Crippen LogP contribution in [0.1, 0.15) is 33.1 Å². The minimum atomic E-state index is -0.208. The molecule has 1 heterocycles. The minimum Gasteiger partial charge on any atom is -0.450 e. The quantitative estimate of drug-likeness (QED) is 0.756. The van der Waals surface area contributed by atoms with Gasteiger partial charge in [-0.1, -0.05) is 6.92 Å². The number of hydrogen-bond acceptors (Lipinski definition) is 4. The van der Waals surface area contributed by atoms with Crippen molar-refractivity contribution in [3.8, 4) is 0 Å². The molecule has 1 fully saturated rings. The summed E-state index contributed by atoms with van der Waals surface area (Å²) in [7, 11) is 0. The minimum absolute atomic E-state index is 0.175. The normalized spacial score (nSPS) is 19.1. The first-order valence-corrected chi connectivity index (χ1v) is 6.49. The number of ether oxygens (including phenoxy) is 1. The maximum atomic E-state index is 11.5. The summed E-state index contributed by atoms with van der Waals surface area (Å²) < 4.78 is 4.97. The number of piperidine rings is 1. The van der Waals surface area contributed by atoms with Crippen LogP contribution >= 0.6 is 0 Å². The summed E-state index contributed by atoms with van der Waals surface area (Å²) in [5.41, 5.74) is 0. The van der Waals surface area contributed by atoms with Gasteiger partial charge in [0.15, 0.2) is 0 Å². The van der Waals surface area contributed by atoms with Crippen molar-refractivity contribution in [3.63, 3.8) is 0 Å². The number of carbonyl (C=O) groups is 1. The largest absolute Gasteiger partial charge is 0.450 e. The molecule has 0 spiro atoms. The lowest BCUT2D eigenvalue weighted by molar-refractivity contribution is 0.0927. The third-order valence-corrected chi connectivity index (χ3v) is 3.21. The van der Waals surface area contributed by atoms with Crippen molar-refractivity contribution in [2.45, 2.75) is 45.2 Å². The van der Waals surface area contributed by atoms with Gasteiger partial charge in [0, 0.05) is 25.2 Å². The number of nitrogens with zero attached hydrogens (tertiary/aromatic N) is 1. The van der Waals surface area contributed by atoms with E-state index in [0.29, 0.717) is 12.6 Å². The average Bonchev–Trinajstić information content (AvgIpc) is 2.37. The van der Waals surface area contributed by atoms with Crippen molar-refractivity contribution in [2.24, 2.45) is 0 Å². The summed E-state index contributed by atoms with van der Waals surface area (Å²) in [5.74, 6) is 0. The van der Waals surface area contributed by atoms with E-state index in [-0.39, 0.29) is 18.7 Å². The monoisotopic (exact) mass is 244 g/mol. The van der Waals surface area contributed by atoms with Crippen LogP contribution in [-0.2, 0) is 4.74 Å². The Hall–Kier alpha value is -0.810. The Morgan fingerprint density at radius 1 is 1.47 bits per heavy atom. The maximum absolute atomic E-state index is 11.5. The Bertz CT molecular complexity index is 224. The van der Waals surface area contributed by atoms with Crippen LogP contribution in [0.5, 0.6) is 0 Å². The Kier molecular flexibility index (Phi) is 6.29. The van der Waals surface area contributed by atoms with Crippen LogP contribution in [-0.4, -0.2) is 54.5 Å². The summed E-state index contributed by atoms with van der Waals surface area (Å²) in [5, 5.41) is 12.5. The number of carbonyl (C=O) groups excluding carboxylic acids is 1. The van der Waals surface area contributed by atoms with Crippen LogP contribution in [0.2, 0.25) is 0 Å². The van der Waals surface area contributed by atoms with E-state index >= 15 is 0 Å². The lowest BCUT2D eigenvalue weighted by atomic mass is 10.0. The Morgan fingerprint density at radius 3 is 2.59 bits per heavy atom. The molecule has 1 saturated heterocycles. The van der Waals surface area contributed by atoms with E-state index in [1.165, 1.54) is 0 Å². The number of nitrogens with one attached hydrogen (secondary N) is 1. The molecule has 1 aliphatic heterocycles. The van der Waals surface area contributed by atoms with Crippen LogP contribution in [0.4, 0.5) is 4.79 Å². The van der Waals surface area contributed by atoms with Gasteiger partial charge >= 0.3 is 6.09 Å². The highest BCUT2D eigenvalue weighted by molar-refractivity contribution is 5.67. The summed E-state index contributed by atoms with van der Waals surface area (Å²) in [6.07, 6.45) is 2.57. The number of likely N-dealkylation sites (tertiary alicyclic amines) is 1. The smallest absolute Gasteiger partial charge is 0.409 e. The summed E-state index contributed by atoms with van der Waals surface area (Å²) in [6.45, 7) is 5.95. The zero-order valence-corrected chi connectivity index (χ0v) is 10.8. The third-order valence-electron chi connectivity index (χ3n) is 3.21. The van der Waals surface area contributed by atoms with Gasteiger partial charge in [0.2, 0.25) is 0 Å². The van der Waals surface area contributed by atoms with E-state index < -0.39 is 0 Å². The number of aliphatic hydroxyl groups excluding tert-OH is 1. The molecule has 0 aromatic rings. The van der Waals surface area contributed by atoms with Gasteiger partial charge in [0.05, 0.1) is 13.2 Å². The molecular weight excluding hydrogens is 220 g/mol. The van der Waals surface area contributed by atoms with Crippen LogP contribution in [0.3, 0.4) is 0 Å². The molecule has 1 amide bonds. The molecule has 0 unspecified atom stereocenters. The van der Waals surface area contributed by atoms with E-state index in [9.17, 15) is 4.79 Å². The molecule has 1 aliphatic rings. The number of rotatable bonds is 5. The van der Waals surface area contributed by atoms with Gasteiger partial charge in [0.1, 0.15) is 0 Å². The average molecular weight is 244 g/mol. The first kappa shape index (κ1) is 14.3. The highest BCUT2D eigenvalue weighted by Gasteiger charge is 2.24. The van der Waals surface area contributed by atoms with Crippen LogP contribution in [0, 0.1) is 0 Å². The fraction of sp³-hybridized carbons (Fsp3) is 0.917. The first-order valence-electron chi connectivity index (χ1n) is 6.49. The fourth-order valence-electron chi connectivity index (χ4n) is 2.08. The molecule has 0 saturated carbocycles. The predicted octanol–water partition coefficient (Wildman–Crippen LogP) is 0.968. The Morgan fingerprint density at radius 2 is 2.12 bits per heavy atom. The van der Waals surface area contributed by atoms with Crippen LogP contribution < -0.4 is 5.32 Å². The van der Waals surface area contributed by atoms with Crippen molar-refractivity contribution in [3.05, 3.63) is 0 Å². The van der Waals surface area contributed by atoms with Crippen molar-refractivity contribution in [1.29, 1.82) is 0 Å². The standard InChI is InChI=1S/C12H24N2O3/c1-3-10(9-15)13-11-5-7-14(8-6-11)12(16)17-4-2/h10-11,13,15H,3-9H2,1-2H3/t10-/m1/s1. The highest BCUT2D eigenvalue weighted by atomic mass is 16.6. The van der Waals surface area contributed by atoms with E-state index in [2.05, 4.69) is 12.2 Å². The van der Waals surface area contributed by atoms with E-state index in [1.807, 2.05) is 6.92 Å². The lowest BCUT2D eigenvalue weighted by Crippen LogP contribution is -2.48. The Labute approximate surface area is 103 Å². The molecule has 0 bridgehead atoms. The summed E-state index contributed by atoms with van der Waals surface area (Å²) in [4.78, 5) is 13.2. The molecule has 0 aromatic carbocycles. The van der Waals surface area contributed by atoms with Gasteiger partial charge in [-0.25, -0.2) is 4.79 Å². The molecule has 0 radical (unpaired) electrons. The molecular formula is C12H24N2O3. The Balaban J connectivity index is 2.28. The number of amides is 1. The van der Waals surface area contributed by atoms with Gasteiger partial charge in [-0.05, 0) is 26.2 Å². The number of aliphatic hydroxyl groups is 1. The number of hydrogen-bond donors (Lipinski definition) is 2. The molecule has 5 nitrogen and oxygen atoms in total. The summed E-state index contributed by atoms with van der Waals surface area (Å²) in [6, 6.07) is 0.576. The maximum Gasteiger partial charge on any atom is 0.409 e. The molecule has 0 aliphatic carbocycles. The fourth-order valence-corrected chi connectivity index (χ4v) is 2.08. The van der Waals surface area contributed by atoms with Crippen LogP contribution in [0.25, 0.3) is 0 Å². The van der Waals surface area contributed by atoms with Crippen molar-refractivity contribution in [2.75, 3.05) is 26.3 Å². The zero-order chi connectivity index (χ0) is 12.7. The lowest BCUT2D eigenvalue weighted by Gasteiger charge is -2.33. The van der Waals surface area contributed by atoms with Crippen molar-refractivity contribution < 1.29 is 14.6 Å². The molecule has 5 heteroatoms. The molecule has 100 valence electrons. The van der Waals surface area contributed by atoms with Gasteiger partial charge in [-0.2, -0.15) is 0 Å². The molecule has 0 aromatic heterocycles. The zero-order valence-electron chi connectivity index (χ0n) is 10.8. The molecule has 1 rings (SSSR count). The highest BCUT2D eigenvalue weighted by Crippen LogP contribution is 2.12. The van der Waals surface area contributed by atoms with Gasteiger partial charge in [0.25, 0.3) is 0 Å². The molecule has 17 heavy (non-hydrogen) atoms. The third kappa shape index (κ3) is 4.52.